The van der Waals surface area contributed by atoms with Crippen LogP contribution in [0.5, 0.6) is 0 Å². The summed E-state index contributed by atoms with van der Waals surface area (Å²) in [6, 6.07) is 0. The van der Waals surface area contributed by atoms with Crippen LogP contribution >= 0.6 is 0 Å². The van der Waals surface area contributed by atoms with Gasteiger partial charge in [-0.1, -0.05) is 6.92 Å². The fourth-order valence-electron chi connectivity index (χ4n) is 2.97. The van der Waals surface area contributed by atoms with Gasteiger partial charge in [-0.3, -0.25) is 19.9 Å². The van der Waals surface area contributed by atoms with Crippen LogP contribution in [0.15, 0.2) is 0 Å². The molecule has 2 fully saturated rings. The van der Waals surface area contributed by atoms with Crippen LogP contribution < -0.4 is 11.3 Å². The van der Waals surface area contributed by atoms with Gasteiger partial charge in [0.15, 0.2) is 0 Å². The Hall–Kier alpha value is -1.14. The molecule has 2 amide bonds. The van der Waals surface area contributed by atoms with Gasteiger partial charge in [0.05, 0.1) is 6.54 Å². The first-order chi connectivity index (χ1) is 9.10. The van der Waals surface area contributed by atoms with Gasteiger partial charge in [0.25, 0.3) is 0 Å². The molecule has 1 atom stereocenters. The van der Waals surface area contributed by atoms with Gasteiger partial charge in [-0.25, -0.2) is 5.84 Å². The molecule has 108 valence electrons. The number of nitrogens with zero attached hydrogens (tertiary/aromatic N) is 2. The highest BCUT2D eigenvalue weighted by molar-refractivity contribution is 5.80. The maximum atomic E-state index is 12.2. The highest BCUT2D eigenvalue weighted by Crippen LogP contribution is 2.19. The topological polar surface area (TPSA) is 78.7 Å². The molecule has 1 unspecified atom stereocenters. The van der Waals surface area contributed by atoms with Crippen LogP contribution in [0, 0.1) is 11.8 Å². The number of rotatable bonds is 3. The summed E-state index contributed by atoms with van der Waals surface area (Å²) in [4.78, 5) is 27.7. The number of hydrogen-bond acceptors (Lipinski definition) is 4. The van der Waals surface area contributed by atoms with Crippen molar-refractivity contribution in [3.8, 4) is 0 Å². The van der Waals surface area contributed by atoms with Crippen LogP contribution in [0.4, 0.5) is 0 Å². The Bertz CT molecular complexity index is 340. The smallest absolute Gasteiger partial charge is 0.237 e. The van der Waals surface area contributed by atoms with Gasteiger partial charge in [0.2, 0.25) is 11.8 Å². The summed E-state index contributed by atoms with van der Waals surface area (Å²) in [5.74, 6) is 5.88. The fourth-order valence-corrected chi connectivity index (χ4v) is 2.97. The van der Waals surface area contributed by atoms with E-state index in [-0.39, 0.29) is 17.7 Å². The summed E-state index contributed by atoms with van der Waals surface area (Å²) in [7, 11) is 0. The fraction of sp³-hybridized carbons (Fsp3) is 0.846. The van der Waals surface area contributed by atoms with Gasteiger partial charge in [-0.15, -0.1) is 0 Å². The minimum absolute atomic E-state index is 0.0409. The predicted molar refractivity (Wildman–Crippen MR) is 71.9 cm³/mol. The number of nitrogens with one attached hydrogen (secondary N) is 1. The third kappa shape index (κ3) is 3.67. The number of likely N-dealkylation sites (tertiary alicyclic amines) is 2. The second-order valence-corrected chi connectivity index (χ2v) is 5.79. The predicted octanol–water partition coefficient (Wildman–Crippen LogP) is -0.443. The standard InChI is InChI=1S/C13H24N4O2/c1-10-2-5-16(8-10)9-12(18)17-6-3-11(4-7-17)13(19)15-14/h10-11H,2-9,14H2,1H3,(H,15,19). The Morgan fingerprint density at radius 1 is 1.21 bits per heavy atom. The van der Waals surface area contributed by atoms with E-state index in [2.05, 4.69) is 17.2 Å². The van der Waals surface area contributed by atoms with E-state index in [9.17, 15) is 9.59 Å². The number of hydrogen-bond donors (Lipinski definition) is 2. The van der Waals surface area contributed by atoms with E-state index in [1.165, 1.54) is 6.42 Å². The van der Waals surface area contributed by atoms with Crippen molar-refractivity contribution in [1.29, 1.82) is 0 Å². The number of amides is 2. The minimum Gasteiger partial charge on any atom is -0.342 e. The van der Waals surface area contributed by atoms with E-state index in [0.717, 1.165) is 13.1 Å². The summed E-state index contributed by atoms with van der Waals surface area (Å²) < 4.78 is 0. The molecule has 2 heterocycles. The van der Waals surface area contributed by atoms with Crippen molar-refractivity contribution in [2.45, 2.75) is 26.2 Å². The lowest BCUT2D eigenvalue weighted by Crippen LogP contribution is -2.47. The highest BCUT2D eigenvalue weighted by Gasteiger charge is 2.28. The molecule has 19 heavy (non-hydrogen) atoms. The molecule has 6 nitrogen and oxygen atoms in total. The van der Waals surface area contributed by atoms with E-state index < -0.39 is 0 Å². The van der Waals surface area contributed by atoms with Crippen molar-refractivity contribution in [2.75, 3.05) is 32.7 Å². The van der Waals surface area contributed by atoms with Crippen molar-refractivity contribution in [3.05, 3.63) is 0 Å². The summed E-state index contributed by atoms with van der Waals surface area (Å²) >= 11 is 0. The molecule has 2 aliphatic heterocycles. The van der Waals surface area contributed by atoms with E-state index >= 15 is 0 Å². The van der Waals surface area contributed by atoms with Gasteiger partial charge in [0.1, 0.15) is 0 Å². The largest absolute Gasteiger partial charge is 0.342 e. The normalized spacial score (nSPS) is 25.6. The highest BCUT2D eigenvalue weighted by atomic mass is 16.2. The van der Waals surface area contributed by atoms with Crippen molar-refractivity contribution < 1.29 is 9.59 Å². The van der Waals surface area contributed by atoms with E-state index in [4.69, 9.17) is 5.84 Å². The Morgan fingerprint density at radius 2 is 1.89 bits per heavy atom. The van der Waals surface area contributed by atoms with Crippen molar-refractivity contribution in [1.82, 2.24) is 15.2 Å². The molecule has 0 radical (unpaired) electrons. The lowest BCUT2D eigenvalue weighted by atomic mass is 9.96. The number of carbonyl (C=O) groups excluding carboxylic acids is 2. The molecular weight excluding hydrogens is 244 g/mol. The van der Waals surface area contributed by atoms with Crippen LogP contribution in [0.2, 0.25) is 0 Å². The van der Waals surface area contributed by atoms with Gasteiger partial charge in [0, 0.05) is 25.6 Å². The van der Waals surface area contributed by atoms with Crippen molar-refractivity contribution >= 4 is 11.8 Å². The molecule has 0 aromatic rings. The SMILES string of the molecule is CC1CCN(CC(=O)N2CCC(C(=O)NN)CC2)C1. The van der Waals surface area contributed by atoms with E-state index in [1.54, 1.807) is 0 Å². The first-order valence-electron chi connectivity index (χ1n) is 7.10. The lowest BCUT2D eigenvalue weighted by molar-refractivity contribution is -0.136. The maximum absolute atomic E-state index is 12.2. The number of carbonyl (C=O) groups is 2. The number of nitrogens with two attached hydrogens (primary N) is 1. The molecule has 2 aliphatic rings. The van der Waals surface area contributed by atoms with Gasteiger partial charge < -0.3 is 4.90 Å². The molecule has 0 bridgehead atoms. The molecule has 2 saturated heterocycles. The number of hydrazine groups is 1. The third-order valence-corrected chi connectivity index (χ3v) is 4.23. The first-order valence-corrected chi connectivity index (χ1v) is 7.10. The van der Waals surface area contributed by atoms with Gasteiger partial charge in [-0.05, 0) is 31.7 Å². The quantitative estimate of drug-likeness (QED) is 0.413. The zero-order chi connectivity index (χ0) is 13.8. The third-order valence-electron chi connectivity index (χ3n) is 4.23. The van der Waals surface area contributed by atoms with Crippen LogP contribution in [0.1, 0.15) is 26.2 Å². The summed E-state index contributed by atoms with van der Waals surface area (Å²) in [6.07, 6.45) is 2.61. The molecule has 0 aromatic carbocycles. The zero-order valence-electron chi connectivity index (χ0n) is 11.6. The van der Waals surface area contributed by atoms with Gasteiger partial charge in [-0.2, -0.15) is 0 Å². The molecular formula is C13H24N4O2. The van der Waals surface area contributed by atoms with Crippen LogP contribution in [0.3, 0.4) is 0 Å². The Morgan fingerprint density at radius 3 is 2.42 bits per heavy atom. The van der Waals surface area contributed by atoms with Crippen molar-refractivity contribution in [2.24, 2.45) is 17.7 Å². The van der Waals surface area contributed by atoms with Crippen LogP contribution in [0.25, 0.3) is 0 Å². The lowest BCUT2D eigenvalue weighted by Gasteiger charge is -2.32. The molecule has 0 saturated carbocycles. The Balaban J connectivity index is 1.75. The van der Waals surface area contributed by atoms with E-state index in [0.29, 0.717) is 38.4 Å². The van der Waals surface area contributed by atoms with Crippen LogP contribution in [-0.4, -0.2) is 54.3 Å². The summed E-state index contributed by atoms with van der Waals surface area (Å²) in [5, 5.41) is 0. The summed E-state index contributed by atoms with van der Waals surface area (Å²) in [6.45, 7) is 6.14. The molecule has 0 spiro atoms. The average Bonchev–Trinajstić information content (AvgIpc) is 2.83. The molecule has 0 aliphatic carbocycles. The Labute approximate surface area is 114 Å². The van der Waals surface area contributed by atoms with Crippen LogP contribution in [-0.2, 0) is 9.59 Å². The summed E-state index contributed by atoms with van der Waals surface area (Å²) in [5.41, 5.74) is 2.19. The minimum atomic E-state index is -0.111. The molecule has 2 rings (SSSR count). The molecule has 6 heteroatoms. The zero-order valence-corrected chi connectivity index (χ0v) is 11.6. The second-order valence-electron chi connectivity index (χ2n) is 5.79. The number of piperidine rings is 1. The van der Waals surface area contributed by atoms with E-state index in [1.807, 2.05) is 4.90 Å². The maximum Gasteiger partial charge on any atom is 0.237 e. The molecule has 3 N–H and O–H groups in total. The average molecular weight is 268 g/mol. The van der Waals surface area contributed by atoms with Crippen molar-refractivity contribution in [3.63, 3.8) is 0 Å². The monoisotopic (exact) mass is 268 g/mol. The molecule has 0 aromatic heterocycles. The van der Waals surface area contributed by atoms with Gasteiger partial charge >= 0.3 is 0 Å². The second kappa shape index (κ2) is 6.34. The Kier molecular flexibility index (Phi) is 4.76. The first kappa shape index (κ1) is 14.3.